The lowest BCUT2D eigenvalue weighted by molar-refractivity contribution is 0.0696. The minimum atomic E-state index is -1.21. The van der Waals surface area contributed by atoms with Gasteiger partial charge in [-0.25, -0.2) is 4.79 Å². The molecule has 0 spiro atoms. The van der Waals surface area contributed by atoms with Gasteiger partial charge in [-0.3, -0.25) is 0 Å². The molecule has 5 N–H and O–H groups in total. The zero-order chi connectivity index (χ0) is 12.1. The van der Waals surface area contributed by atoms with E-state index < -0.39 is 5.97 Å². The molecule has 0 heterocycles. The van der Waals surface area contributed by atoms with Crippen molar-refractivity contribution in [2.24, 2.45) is 5.73 Å². The summed E-state index contributed by atoms with van der Waals surface area (Å²) >= 11 is 0. The van der Waals surface area contributed by atoms with Crippen molar-refractivity contribution in [2.45, 2.75) is 6.42 Å². The highest BCUT2D eigenvalue weighted by molar-refractivity contribution is 5.89. The number of phenols is 2. The Balaban J connectivity index is 3.07. The quantitative estimate of drug-likeness (QED) is 0.613. The summed E-state index contributed by atoms with van der Waals surface area (Å²) in [5, 5.41) is 27.7. The number of carboxylic acids is 1. The average molecular weight is 223 g/mol. The number of phenolic OH excluding ortho intramolecular Hbond substituents is 2. The summed E-state index contributed by atoms with van der Waals surface area (Å²) in [5.74, 6) is -1.75. The van der Waals surface area contributed by atoms with E-state index in [0.717, 1.165) is 12.1 Å². The van der Waals surface area contributed by atoms with Crippen molar-refractivity contribution >= 4 is 12.0 Å². The number of nitrogens with two attached hydrogens (primary N) is 1. The Bertz CT molecular complexity index is 403. The standard InChI is InChI=1S/C11H13NO4/c12-4-2-1-3-8-9(13)5-7(11(15)16)6-10(8)14/h1,3,5-6,13-14H,2,4,12H2,(H,15,16). The molecule has 5 heteroatoms. The first-order chi connectivity index (χ1) is 7.56. The SMILES string of the molecule is NCCC=Cc1c(O)cc(C(=O)O)cc1O. The van der Waals surface area contributed by atoms with E-state index >= 15 is 0 Å². The van der Waals surface area contributed by atoms with Crippen LogP contribution in [0.25, 0.3) is 6.08 Å². The average Bonchev–Trinajstić information content (AvgIpc) is 2.21. The summed E-state index contributed by atoms with van der Waals surface area (Å²) in [6.07, 6.45) is 3.80. The minimum absolute atomic E-state index is 0.161. The van der Waals surface area contributed by atoms with E-state index in [1.54, 1.807) is 6.08 Å². The van der Waals surface area contributed by atoms with Crippen LogP contribution in [0, 0.1) is 0 Å². The van der Waals surface area contributed by atoms with Crippen LogP contribution in [0.1, 0.15) is 22.3 Å². The lowest BCUT2D eigenvalue weighted by Crippen LogP contribution is -1.96. The highest BCUT2D eigenvalue weighted by Gasteiger charge is 2.11. The van der Waals surface area contributed by atoms with Crippen LogP contribution in [0.3, 0.4) is 0 Å². The van der Waals surface area contributed by atoms with Gasteiger partial charge in [0.15, 0.2) is 0 Å². The van der Waals surface area contributed by atoms with Gasteiger partial charge in [-0.1, -0.05) is 12.2 Å². The van der Waals surface area contributed by atoms with Gasteiger partial charge >= 0.3 is 5.97 Å². The van der Waals surface area contributed by atoms with Gasteiger partial charge < -0.3 is 21.1 Å². The van der Waals surface area contributed by atoms with Gasteiger partial charge in [-0.15, -0.1) is 0 Å². The smallest absolute Gasteiger partial charge is 0.335 e. The fourth-order valence-electron chi connectivity index (χ4n) is 1.21. The number of aromatic carboxylic acids is 1. The molecule has 0 aliphatic carbocycles. The number of carboxylic acid groups (broad SMARTS) is 1. The Hall–Kier alpha value is -2.01. The Kier molecular flexibility index (Phi) is 3.90. The van der Waals surface area contributed by atoms with Crippen molar-refractivity contribution < 1.29 is 20.1 Å². The first-order valence-corrected chi connectivity index (χ1v) is 4.72. The van der Waals surface area contributed by atoms with Crippen molar-refractivity contribution in [1.82, 2.24) is 0 Å². The van der Waals surface area contributed by atoms with Crippen LogP contribution in [0.4, 0.5) is 0 Å². The summed E-state index contributed by atoms with van der Waals surface area (Å²) < 4.78 is 0. The maximum atomic E-state index is 10.6. The topological polar surface area (TPSA) is 104 Å². The van der Waals surface area contributed by atoms with Crippen molar-refractivity contribution in [3.05, 3.63) is 29.3 Å². The van der Waals surface area contributed by atoms with E-state index in [-0.39, 0.29) is 22.6 Å². The molecule has 0 bridgehead atoms. The predicted octanol–water partition coefficient (Wildman–Crippen LogP) is 1.16. The van der Waals surface area contributed by atoms with Crippen LogP contribution >= 0.6 is 0 Å². The number of benzene rings is 1. The molecule has 0 amide bonds. The lowest BCUT2D eigenvalue weighted by Gasteiger charge is -2.04. The van der Waals surface area contributed by atoms with Crippen LogP contribution in [0.15, 0.2) is 18.2 Å². The third-order valence-electron chi connectivity index (χ3n) is 2.00. The monoisotopic (exact) mass is 223 g/mol. The molecule has 5 nitrogen and oxygen atoms in total. The number of hydrogen-bond donors (Lipinski definition) is 4. The van der Waals surface area contributed by atoms with E-state index in [0.29, 0.717) is 13.0 Å². The second kappa shape index (κ2) is 5.18. The molecule has 0 saturated carbocycles. The Morgan fingerprint density at radius 3 is 2.31 bits per heavy atom. The van der Waals surface area contributed by atoms with Gasteiger partial charge in [0.25, 0.3) is 0 Å². The summed E-state index contributed by atoms with van der Waals surface area (Å²) in [6, 6.07) is 2.17. The van der Waals surface area contributed by atoms with Crippen LogP contribution in [0.5, 0.6) is 11.5 Å². The maximum Gasteiger partial charge on any atom is 0.335 e. The molecule has 1 aromatic rings. The van der Waals surface area contributed by atoms with Crippen LogP contribution in [-0.4, -0.2) is 27.8 Å². The van der Waals surface area contributed by atoms with Gasteiger partial charge in [0, 0.05) is 0 Å². The normalized spacial score (nSPS) is 10.8. The molecule has 0 atom stereocenters. The van der Waals surface area contributed by atoms with Crippen LogP contribution in [-0.2, 0) is 0 Å². The highest BCUT2D eigenvalue weighted by atomic mass is 16.4. The van der Waals surface area contributed by atoms with Crippen LogP contribution < -0.4 is 5.73 Å². The number of carbonyl (C=O) groups is 1. The summed E-state index contributed by atoms with van der Waals surface area (Å²) in [4.78, 5) is 10.6. The molecule has 0 aliphatic rings. The van der Waals surface area contributed by atoms with Gasteiger partial charge in [0.1, 0.15) is 11.5 Å². The fourth-order valence-corrected chi connectivity index (χ4v) is 1.21. The molecule has 86 valence electrons. The molecule has 0 radical (unpaired) electrons. The molecule has 0 aliphatic heterocycles. The zero-order valence-corrected chi connectivity index (χ0v) is 8.55. The number of rotatable bonds is 4. The molecule has 0 unspecified atom stereocenters. The first kappa shape index (κ1) is 12.1. The molecular weight excluding hydrogens is 210 g/mol. The predicted molar refractivity (Wildman–Crippen MR) is 59.4 cm³/mol. The lowest BCUT2D eigenvalue weighted by atomic mass is 10.1. The second-order valence-corrected chi connectivity index (χ2v) is 3.21. The molecular formula is C11H13NO4. The third-order valence-corrected chi connectivity index (χ3v) is 2.00. The Morgan fingerprint density at radius 2 is 1.88 bits per heavy atom. The van der Waals surface area contributed by atoms with Crippen molar-refractivity contribution in [3.63, 3.8) is 0 Å². The van der Waals surface area contributed by atoms with Gasteiger partial charge in [0.05, 0.1) is 11.1 Å². The van der Waals surface area contributed by atoms with Crippen molar-refractivity contribution in [3.8, 4) is 11.5 Å². The largest absolute Gasteiger partial charge is 0.507 e. The first-order valence-electron chi connectivity index (χ1n) is 4.72. The maximum absolute atomic E-state index is 10.6. The highest BCUT2D eigenvalue weighted by Crippen LogP contribution is 2.30. The van der Waals surface area contributed by atoms with E-state index in [4.69, 9.17) is 10.8 Å². The molecule has 1 rings (SSSR count). The zero-order valence-electron chi connectivity index (χ0n) is 8.55. The fraction of sp³-hybridized carbons (Fsp3) is 0.182. The third kappa shape index (κ3) is 2.74. The van der Waals surface area contributed by atoms with Crippen molar-refractivity contribution in [1.29, 1.82) is 0 Å². The number of hydrogen-bond acceptors (Lipinski definition) is 4. The summed E-state index contributed by atoms with van der Waals surface area (Å²) in [7, 11) is 0. The van der Waals surface area contributed by atoms with Crippen LogP contribution in [0.2, 0.25) is 0 Å². The summed E-state index contributed by atoms with van der Waals surface area (Å²) in [5.41, 5.74) is 5.31. The molecule has 0 fully saturated rings. The molecule has 0 aromatic heterocycles. The number of aromatic hydroxyl groups is 2. The molecule has 16 heavy (non-hydrogen) atoms. The van der Waals surface area contributed by atoms with E-state index in [9.17, 15) is 15.0 Å². The van der Waals surface area contributed by atoms with Gasteiger partial charge in [-0.05, 0) is 25.1 Å². The van der Waals surface area contributed by atoms with E-state index in [1.807, 2.05) is 0 Å². The molecule has 1 aromatic carbocycles. The summed E-state index contributed by atoms with van der Waals surface area (Å²) in [6.45, 7) is 0.464. The molecule has 0 saturated heterocycles. The van der Waals surface area contributed by atoms with E-state index in [1.165, 1.54) is 6.08 Å². The van der Waals surface area contributed by atoms with E-state index in [2.05, 4.69) is 0 Å². The van der Waals surface area contributed by atoms with Crippen molar-refractivity contribution in [2.75, 3.05) is 6.54 Å². The Morgan fingerprint density at radius 1 is 1.31 bits per heavy atom. The Labute approximate surface area is 92.5 Å². The minimum Gasteiger partial charge on any atom is -0.507 e. The second-order valence-electron chi connectivity index (χ2n) is 3.21. The van der Waals surface area contributed by atoms with Gasteiger partial charge in [-0.2, -0.15) is 0 Å². The van der Waals surface area contributed by atoms with Gasteiger partial charge in [0.2, 0.25) is 0 Å².